The molecule has 1 aromatic carbocycles. The summed E-state index contributed by atoms with van der Waals surface area (Å²) in [5.74, 6) is 1.05. The van der Waals surface area contributed by atoms with Crippen molar-refractivity contribution in [2.24, 2.45) is 18.4 Å². The van der Waals surface area contributed by atoms with Gasteiger partial charge in [-0.05, 0) is 66.4 Å². The fourth-order valence-electron chi connectivity index (χ4n) is 6.22. The standard InChI is InChI=1S/C29H34N4O2/c1-20-13-24-18-33(11-9-25(24)30-16-20)28(35)29(15-21-3-4-21)10-12-32(19-29)17-22-5-6-23-7-8-27(34)31(2)26(23)14-22/h5-8,13-14,16,21H,3-4,9-12,15,17-19H2,1-2H3/t29-/m1/s1. The molecule has 182 valence electrons. The monoisotopic (exact) mass is 470 g/mol. The fourth-order valence-corrected chi connectivity index (χ4v) is 6.22. The molecule has 0 radical (unpaired) electrons. The molecule has 2 aromatic heterocycles. The summed E-state index contributed by atoms with van der Waals surface area (Å²) < 4.78 is 1.72. The highest BCUT2D eigenvalue weighted by Gasteiger charge is 2.49. The number of pyridine rings is 2. The fraction of sp³-hybridized carbons (Fsp3) is 0.483. The van der Waals surface area contributed by atoms with Crippen LogP contribution >= 0.6 is 0 Å². The second kappa shape index (κ2) is 8.59. The van der Waals surface area contributed by atoms with E-state index in [2.05, 4.69) is 46.0 Å². The Hall–Kier alpha value is -2.99. The Labute approximate surface area is 206 Å². The summed E-state index contributed by atoms with van der Waals surface area (Å²) in [6, 6.07) is 12.1. The van der Waals surface area contributed by atoms with Crippen LogP contribution in [-0.2, 0) is 31.4 Å². The Balaban J connectivity index is 1.22. The average Bonchev–Trinajstić information content (AvgIpc) is 3.58. The first-order chi connectivity index (χ1) is 16.9. The first-order valence-electron chi connectivity index (χ1n) is 13.0. The molecule has 1 aliphatic carbocycles. The Morgan fingerprint density at radius 1 is 1.14 bits per heavy atom. The van der Waals surface area contributed by atoms with E-state index in [9.17, 15) is 9.59 Å². The number of nitrogens with zero attached hydrogens (tertiary/aromatic N) is 4. The maximum absolute atomic E-state index is 14.1. The number of aryl methyl sites for hydroxylation is 2. The normalized spacial score (nSPS) is 22.5. The molecule has 1 saturated heterocycles. The van der Waals surface area contributed by atoms with Crippen LogP contribution in [0.3, 0.4) is 0 Å². The average molecular weight is 471 g/mol. The molecule has 6 rings (SSSR count). The zero-order chi connectivity index (χ0) is 24.2. The smallest absolute Gasteiger partial charge is 0.250 e. The van der Waals surface area contributed by atoms with Crippen molar-refractivity contribution in [3.63, 3.8) is 0 Å². The highest BCUT2D eigenvalue weighted by atomic mass is 16.2. The second-order valence-corrected chi connectivity index (χ2v) is 11.1. The molecule has 6 nitrogen and oxygen atoms in total. The molecule has 1 amide bonds. The van der Waals surface area contributed by atoms with Crippen LogP contribution in [0.2, 0.25) is 0 Å². The molecule has 1 atom stereocenters. The summed E-state index contributed by atoms with van der Waals surface area (Å²) in [5, 5.41) is 1.07. The predicted octanol–water partition coefficient (Wildman–Crippen LogP) is 3.82. The Bertz CT molecular complexity index is 1360. The maximum atomic E-state index is 14.1. The van der Waals surface area contributed by atoms with Gasteiger partial charge in [0.1, 0.15) is 0 Å². The van der Waals surface area contributed by atoms with E-state index < -0.39 is 0 Å². The first kappa shape index (κ1) is 22.5. The van der Waals surface area contributed by atoms with Gasteiger partial charge in [-0.25, -0.2) is 0 Å². The van der Waals surface area contributed by atoms with Gasteiger partial charge >= 0.3 is 0 Å². The van der Waals surface area contributed by atoms with Gasteiger partial charge in [-0.3, -0.25) is 19.5 Å². The van der Waals surface area contributed by atoms with E-state index in [-0.39, 0.29) is 11.0 Å². The number of amides is 1. The molecule has 35 heavy (non-hydrogen) atoms. The number of aromatic nitrogens is 2. The molecule has 3 aliphatic rings. The number of carbonyl (C=O) groups excluding carboxylic acids is 1. The number of carbonyl (C=O) groups is 1. The van der Waals surface area contributed by atoms with Crippen LogP contribution in [0.25, 0.3) is 10.9 Å². The van der Waals surface area contributed by atoms with Crippen LogP contribution in [0.1, 0.15) is 48.1 Å². The van der Waals surface area contributed by atoms with Gasteiger partial charge in [-0.1, -0.05) is 31.0 Å². The van der Waals surface area contributed by atoms with E-state index in [1.165, 1.54) is 24.0 Å². The van der Waals surface area contributed by atoms with Gasteiger partial charge < -0.3 is 9.47 Å². The second-order valence-electron chi connectivity index (χ2n) is 11.1. The molecule has 0 bridgehead atoms. The minimum atomic E-state index is -0.278. The van der Waals surface area contributed by atoms with Gasteiger partial charge in [0.2, 0.25) is 5.91 Å². The van der Waals surface area contributed by atoms with E-state index in [1.54, 1.807) is 10.6 Å². The van der Waals surface area contributed by atoms with E-state index in [0.29, 0.717) is 18.4 Å². The molecule has 4 heterocycles. The van der Waals surface area contributed by atoms with Crippen LogP contribution in [0.4, 0.5) is 0 Å². The van der Waals surface area contributed by atoms with Gasteiger partial charge in [0.25, 0.3) is 5.56 Å². The number of rotatable bonds is 5. The zero-order valence-electron chi connectivity index (χ0n) is 20.8. The molecule has 6 heteroatoms. The van der Waals surface area contributed by atoms with Crippen molar-refractivity contribution in [1.82, 2.24) is 19.4 Å². The molecular weight excluding hydrogens is 436 g/mol. The van der Waals surface area contributed by atoms with Crippen molar-refractivity contribution < 1.29 is 4.79 Å². The number of hydrogen-bond acceptors (Lipinski definition) is 4. The third-order valence-electron chi connectivity index (χ3n) is 8.32. The number of fused-ring (bicyclic) bond motifs is 2. The van der Waals surface area contributed by atoms with Gasteiger partial charge in [0.05, 0.1) is 10.9 Å². The maximum Gasteiger partial charge on any atom is 0.250 e. The van der Waals surface area contributed by atoms with Crippen LogP contribution < -0.4 is 5.56 Å². The highest BCUT2D eigenvalue weighted by molar-refractivity contribution is 5.84. The van der Waals surface area contributed by atoms with Crippen molar-refractivity contribution in [2.75, 3.05) is 19.6 Å². The summed E-state index contributed by atoms with van der Waals surface area (Å²) in [5.41, 5.74) is 5.41. The molecule has 3 aromatic rings. The van der Waals surface area contributed by atoms with Crippen LogP contribution in [0.15, 0.2) is 47.4 Å². The van der Waals surface area contributed by atoms with E-state index in [0.717, 1.165) is 67.6 Å². The predicted molar refractivity (Wildman–Crippen MR) is 137 cm³/mol. The number of likely N-dealkylation sites (tertiary alicyclic amines) is 1. The van der Waals surface area contributed by atoms with Crippen molar-refractivity contribution in [3.8, 4) is 0 Å². The lowest BCUT2D eigenvalue weighted by Gasteiger charge is -2.37. The molecule has 0 unspecified atom stereocenters. The van der Waals surface area contributed by atoms with Crippen molar-refractivity contribution in [2.45, 2.75) is 52.1 Å². The molecule has 1 saturated carbocycles. The number of benzene rings is 1. The van der Waals surface area contributed by atoms with E-state index in [4.69, 9.17) is 0 Å². The lowest BCUT2D eigenvalue weighted by Crippen LogP contribution is -2.47. The minimum absolute atomic E-state index is 0.0124. The lowest BCUT2D eigenvalue weighted by molar-refractivity contribution is -0.143. The Morgan fingerprint density at radius 3 is 2.80 bits per heavy atom. The molecule has 0 spiro atoms. The first-order valence-corrected chi connectivity index (χ1v) is 13.0. The van der Waals surface area contributed by atoms with E-state index >= 15 is 0 Å². The van der Waals surface area contributed by atoms with Crippen molar-refractivity contribution >= 4 is 16.8 Å². The zero-order valence-corrected chi connectivity index (χ0v) is 20.8. The van der Waals surface area contributed by atoms with Crippen LogP contribution in [0, 0.1) is 18.3 Å². The van der Waals surface area contributed by atoms with E-state index in [1.807, 2.05) is 19.3 Å². The van der Waals surface area contributed by atoms with Gasteiger partial charge in [-0.15, -0.1) is 0 Å². The number of hydrogen-bond donors (Lipinski definition) is 0. The minimum Gasteiger partial charge on any atom is -0.337 e. The van der Waals surface area contributed by atoms with Gasteiger partial charge in [-0.2, -0.15) is 0 Å². The van der Waals surface area contributed by atoms with Crippen LogP contribution in [0.5, 0.6) is 0 Å². The summed E-state index contributed by atoms with van der Waals surface area (Å²) in [6.45, 7) is 6.10. The molecule has 2 aliphatic heterocycles. The van der Waals surface area contributed by atoms with Gasteiger partial charge in [0, 0.05) is 57.6 Å². The Morgan fingerprint density at radius 2 is 1.97 bits per heavy atom. The highest BCUT2D eigenvalue weighted by Crippen LogP contribution is 2.46. The van der Waals surface area contributed by atoms with Crippen LogP contribution in [-0.4, -0.2) is 44.9 Å². The Kier molecular flexibility index (Phi) is 5.52. The topological polar surface area (TPSA) is 58.4 Å². The molecule has 0 N–H and O–H groups in total. The van der Waals surface area contributed by atoms with Crippen molar-refractivity contribution in [1.29, 1.82) is 0 Å². The summed E-state index contributed by atoms with van der Waals surface area (Å²) in [4.78, 5) is 35.4. The molecule has 2 fully saturated rings. The quantitative estimate of drug-likeness (QED) is 0.569. The third kappa shape index (κ3) is 4.29. The largest absolute Gasteiger partial charge is 0.337 e. The lowest BCUT2D eigenvalue weighted by atomic mass is 9.79. The summed E-state index contributed by atoms with van der Waals surface area (Å²) in [6.07, 6.45) is 7.26. The summed E-state index contributed by atoms with van der Waals surface area (Å²) in [7, 11) is 1.83. The third-order valence-corrected chi connectivity index (χ3v) is 8.32. The SMILES string of the molecule is Cc1cnc2c(c1)CN(C(=O)[C@@]1(CC3CC3)CCN(Cc3ccc4ccc(=O)n(C)c4c3)C1)CC2. The van der Waals surface area contributed by atoms with Crippen molar-refractivity contribution in [3.05, 3.63) is 75.3 Å². The van der Waals surface area contributed by atoms with Gasteiger partial charge in [0.15, 0.2) is 0 Å². The summed E-state index contributed by atoms with van der Waals surface area (Å²) >= 11 is 0. The molecular formula is C29H34N4O2.